The molecule has 0 unspecified atom stereocenters. The lowest BCUT2D eigenvalue weighted by molar-refractivity contribution is 0.293. The van der Waals surface area contributed by atoms with Gasteiger partial charge in [-0.05, 0) is 30.2 Å². The van der Waals surface area contributed by atoms with Crippen LogP contribution in [0, 0.1) is 0 Å². The number of thioether (sulfide) groups is 1. The van der Waals surface area contributed by atoms with Crippen LogP contribution in [-0.2, 0) is 13.0 Å². The van der Waals surface area contributed by atoms with Gasteiger partial charge >= 0.3 is 0 Å². The molecule has 0 saturated heterocycles. The maximum absolute atomic E-state index is 13.0. The van der Waals surface area contributed by atoms with Crippen molar-refractivity contribution >= 4 is 44.1 Å². The van der Waals surface area contributed by atoms with E-state index in [-0.39, 0.29) is 5.56 Å². The molecule has 0 aliphatic rings. The number of aromatic nitrogens is 2. The number of hydrogen-bond donors (Lipinski definition) is 0. The van der Waals surface area contributed by atoms with Gasteiger partial charge in [0.2, 0.25) is 0 Å². The molecule has 0 radical (unpaired) electrons. The van der Waals surface area contributed by atoms with E-state index in [2.05, 4.69) is 30.1 Å². The summed E-state index contributed by atoms with van der Waals surface area (Å²) in [6, 6.07) is 16.1. The summed E-state index contributed by atoms with van der Waals surface area (Å²) >= 11 is 3.10. The second-order valence-electron chi connectivity index (χ2n) is 6.17. The first-order valence-electron chi connectivity index (χ1n) is 8.89. The molecule has 0 saturated carbocycles. The average Bonchev–Trinajstić information content (AvgIpc) is 3.13. The average molecular weight is 397 g/mol. The van der Waals surface area contributed by atoms with Gasteiger partial charge in [-0.25, -0.2) is 4.98 Å². The molecule has 2 heterocycles. The molecule has 0 N–H and O–H groups in total. The highest BCUT2D eigenvalue weighted by Crippen LogP contribution is 2.26. The standard InChI is InChI=1S/C21H20N2O2S2/c1-3-15-13-17-19(27-15)22-21(26-2)23(20(17)24)11-12-25-18-10-6-8-14-7-4-5-9-16(14)18/h4-10,13H,3,11-12H2,1-2H3. The van der Waals surface area contributed by atoms with Crippen LogP contribution >= 0.6 is 23.1 Å². The van der Waals surface area contributed by atoms with Gasteiger partial charge in [-0.2, -0.15) is 0 Å². The van der Waals surface area contributed by atoms with Gasteiger partial charge in [0.1, 0.15) is 17.2 Å². The van der Waals surface area contributed by atoms with Crippen LogP contribution in [0.2, 0.25) is 0 Å². The monoisotopic (exact) mass is 396 g/mol. The third-order valence-corrected chi connectivity index (χ3v) is 6.37. The van der Waals surface area contributed by atoms with Gasteiger partial charge < -0.3 is 4.74 Å². The van der Waals surface area contributed by atoms with Crippen molar-refractivity contribution in [3.63, 3.8) is 0 Å². The predicted molar refractivity (Wildman–Crippen MR) is 114 cm³/mol. The highest BCUT2D eigenvalue weighted by atomic mass is 32.2. The molecule has 0 aliphatic heterocycles. The van der Waals surface area contributed by atoms with Crippen LogP contribution in [-0.4, -0.2) is 22.4 Å². The number of fused-ring (bicyclic) bond motifs is 2. The lowest BCUT2D eigenvalue weighted by atomic mass is 10.1. The van der Waals surface area contributed by atoms with Crippen molar-refractivity contribution in [3.8, 4) is 5.75 Å². The molecular formula is C21H20N2O2S2. The molecular weight excluding hydrogens is 376 g/mol. The Morgan fingerprint density at radius 3 is 2.78 bits per heavy atom. The van der Waals surface area contributed by atoms with E-state index < -0.39 is 0 Å². The Hall–Kier alpha value is -2.31. The minimum Gasteiger partial charge on any atom is -0.491 e. The topological polar surface area (TPSA) is 44.1 Å². The van der Waals surface area contributed by atoms with E-state index in [9.17, 15) is 4.79 Å². The Balaban J connectivity index is 1.61. The van der Waals surface area contributed by atoms with E-state index in [4.69, 9.17) is 4.74 Å². The summed E-state index contributed by atoms with van der Waals surface area (Å²) in [6.45, 7) is 2.98. The number of ether oxygens (including phenoxy) is 1. The largest absolute Gasteiger partial charge is 0.491 e. The zero-order valence-corrected chi connectivity index (χ0v) is 16.9. The summed E-state index contributed by atoms with van der Waals surface area (Å²) in [5, 5.41) is 3.67. The Morgan fingerprint density at radius 2 is 1.96 bits per heavy atom. The zero-order chi connectivity index (χ0) is 18.8. The first kappa shape index (κ1) is 18.1. The maximum atomic E-state index is 13.0. The number of thiophene rings is 1. The molecule has 0 spiro atoms. The molecule has 0 atom stereocenters. The fourth-order valence-corrected chi connectivity index (χ4v) is 4.74. The van der Waals surface area contributed by atoms with Crippen molar-refractivity contribution < 1.29 is 4.74 Å². The number of hydrogen-bond acceptors (Lipinski definition) is 5. The molecule has 0 fully saturated rings. The van der Waals surface area contributed by atoms with Crippen molar-refractivity contribution in [2.75, 3.05) is 12.9 Å². The summed E-state index contributed by atoms with van der Waals surface area (Å²) < 4.78 is 7.75. The third-order valence-electron chi connectivity index (χ3n) is 4.52. The van der Waals surface area contributed by atoms with Crippen LogP contribution in [0.5, 0.6) is 5.75 Å². The van der Waals surface area contributed by atoms with E-state index in [1.807, 2.05) is 36.6 Å². The zero-order valence-electron chi connectivity index (χ0n) is 15.3. The van der Waals surface area contributed by atoms with E-state index in [0.717, 1.165) is 32.9 Å². The van der Waals surface area contributed by atoms with Gasteiger partial charge in [-0.3, -0.25) is 9.36 Å². The molecule has 0 amide bonds. The first-order valence-corrected chi connectivity index (χ1v) is 10.9. The van der Waals surface area contributed by atoms with Crippen molar-refractivity contribution in [3.05, 3.63) is 63.8 Å². The van der Waals surface area contributed by atoms with Crippen molar-refractivity contribution in [1.82, 2.24) is 9.55 Å². The molecule has 4 aromatic rings. The van der Waals surface area contributed by atoms with Crippen LogP contribution in [0.3, 0.4) is 0 Å². The van der Waals surface area contributed by atoms with E-state index in [0.29, 0.717) is 18.5 Å². The minimum atomic E-state index is 0.0156. The fraction of sp³-hybridized carbons (Fsp3) is 0.238. The molecule has 27 heavy (non-hydrogen) atoms. The minimum absolute atomic E-state index is 0.0156. The van der Waals surface area contributed by atoms with Gasteiger partial charge in [0.25, 0.3) is 5.56 Å². The summed E-state index contributed by atoms with van der Waals surface area (Å²) in [5.74, 6) is 0.838. The lowest BCUT2D eigenvalue weighted by Crippen LogP contribution is -2.25. The van der Waals surface area contributed by atoms with Crippen molar-refractivity contribution in [2.45, 2.75) is 25.0 Å². The molecule has 2 aromatic carbocycles. The predicted octanol–water partition coefficient (Wildman–Crippen LogP) is 4.97. The molecule has 138 valence electrons. The Kier molecular flexibility index (Phi) is 5.18. The lowest BCUT2D eigenvalue weighted by Gasteiger charge is -2.13. The molecule has 2 aromatic heterocycles. The molecule has 0 aliphatic carbocycles. The van der Waals surface area contributed by atoms with Crippen molar-refractivity contribution in [1.29, 1.82) is 0 Å². The molecule has 0 bridgehead atoms. The van der Waals surface area contributed by atoms with Crippen LogP contribution in [0.1, 0.15) is 11.8 Å². The SMILES string of the molecule is CCc1cc2c(=O)n(CCOc3cccc4ccccc34)c(SC)nc2s1. The van der Waals surface area contributed by atoms with Gasteiger partial charge in [-0.15, -0.1) is 11.3 Å². The van der Waals surface area contributed by atoms with E-state index in [1.165, 1.54) is 16.6 Å². The molecule has 4 nitrogen and oxygen atoms in total. The fourth-order valence-electron chi connectivity index (χ4n) is 3.14. The third kappa shape index (κ3) is 3.47. The summed E-state index contributed by atoms with van der Waals surface area (Å²) in [6.07, 6.45) is 2.86. The molecule has 6 heteroatoms. The van der Waals surface area contributed by atoms with Crippen LogP contribution in [0.4, 0.5) is 0 Å². The van der Waals surface area contributed by atoms with Gasteiger partial charge in [-0.1, -0.05) is 55.1 Å². The Morgan fingerprint density at radius 1 is 1.15 bits per heavy atom. The van der Waals surface area contributed by atoms with Crippen LogP contribution in [0.15, 0.2) is 58.5 Å². The highest BCUT2D eigenvalue weighted by Gasteiger charge is 2.13. The van der Waals surface area contributed by atoms with Crippen LogP contribution < -0.4 is 10.3 Å². The second-order valence-corrected chi connectivity index (χ2v) is 8.05. The first-order chi connectivity index (χ1) is 13.2. The number of aryl methyl sites for hydroxylation is 1. The summed E-state index contributed by atoms with van der Waals surface area (Å²) in [7, 11) is 0. The van der Waals surface area contributed by atoms with E-state index >= 15 is 0 Å². The quantitative estimate of drug-likeness (QED) is 0.341. The number of nitrogens with zero attached hydrogens (tertiary/aromatic N) is 2. The van der Waals surface area contributed by atoms with Crippen molar-refractivity contribution in [2.24, 2.45) is 0 Å². The highest BCUT2D eigenvalue weighted by molar-refractivity contribution is 7.98. The Bertz CT molecular complexity index is 1160. The number of benzene rings is 2. The van der Waals surface area contributed by atoms with Gasteiger partial charge in [0, 0.05) is 10.3 Å². The molecule has 4 rings (SSSR count). The number of rotatable bonds is 6. The smallest absolute Gasteiger partial charge is 0.263 e. The van der Waals surface area contributed by atoms with Crippen LogP contribution in [0.25, 0.3) is 21.0 Å². The normalized spacial score (nSPS) is 11.3. The van der Waals surface area contributed by atoms with E-state index in [1.54, 1.807) is 15.9 Å². The van der Waals surface area contributed by atoms with Gasteiger partial charge in [0.05, 0.1) is 11.9 Å². The second kappa shape index (κ2) is 7.74. The summed E-state index contributed by atoms with van der Waals surface area (Å²) in [5.41, 5.74) is 0.0156. The van der Waals surface area contributed by atoms with Gasteiger partial charge in [0.15, 0.2) is 5.16 Å². The Labute approximate surface area is 165 Å². The maximum Gasteiger partial charge on any atom is 0.263 e. The summed E-state index contributed by atoms with van der Waals surface area (Å²) in [4.78, 5) is 19.7.